The van der Waals surface area contributed by atoms with Crippen LogP contribution in [-0.2, 0) is 18.3 Å². The summed E-state index contributed by atoms with van der Waals surface area (Å²) in [5.74, 6) is -0.888. The fourth-order valence-electron chi connectivity index (χ4n) is 2.47. The molecule has 1 unspecified atom stereocenters. The molecule has 0 spiro atoms. The molecule has 1 aromatic heterocycles. The summed E-state index contributed by atoms with van der Waals surface area (Å²) in [6.45, 7) is -0.935. The summed E-state index contributed by atoms with van der Waals surface area (Å²) in [6.07, 6.45) is -1.72. The zero-order valence-corrected chi connectivity index (χ0v) is 14.4. The first kappa shape index (κ1) is 19.3. The molecule has 0 saturated carbocycles. The molecule has 0 aliphatic heterocycles. The van der Waals surface area contributed by atoms with E-state index in [1.165, 1.54) is 14.2 Å². The molecule has 0 saturated heterocycles. The summed E-state index contributed by atoms with van der Waals surface area (Å²) in [4.78, 5) is 17.6. The third-order valence-electron chi connectivity index (χ3n) is 3.61. The number of nitrogens with zero attached hydrogens (tertiary/aromatic N) is 3. The number of carbonyl (C=O) groups is 1. The summed E-state index contributed by atoms with van der Waals surface area (Å²) >= 11 is 6.06. The van der Waals surface area contributed by atoms with Gasteiger partial charge in [-0.1, -0.05) is 29.8 Å². The number of hydrogen-bond donors (Lipinski definition) is 0. The average molecular weight is 376 g/mol. The maximum atomic E-state index is 13.6. The standard InChI is InChI=1S/C16H17ClF3N3O2/c1-22-9-12(14(21-22)15(19)20)16(24)23(25-2)11(8-18)7-10-5-3-4-6-13(10)17/h3-6,9,11,15H,7-8H2,1-2H3. The molecule has 0 bridgehead atoms. The van der Waals surface area contributed by atoms with Crippen molar-refractivity contribution in [3.05, 3.63) is 52.3 Å². The van der Waals surface area contributed by atoms with Crippen molar-refractivity contribution in [1.82, 2.24) is 14.8 Å². The lowest BCUT2D eigenvalue weighted by Gasteiger charge is -2.27. The Bertz CT molecular complexity index is 739. The van der Waals surface area contributed by atoms with E-state index in [9.17, 15) is 18.0 Å². The molecule has 0 aliphatic carbocycles. The molecule has 1 amide bonds. The predicted molar refractivity (Wildman–Crippen MR) is 86.3 cm³/mol. The maximum absolute atomic E-state index is 13.6. The minimum absolute atomic E-state index is 0.0695. The first-order valence-electron chi connectivity index (χ1n) is 7.37. The van der Waals surface area contributed by atoms with Crippen molar-refractivity contribution in [1.29, 1.82) is 0 Å². The molecular weight excluding hydrogens is 359 g/mol. The molecule has 0 fully saturated rings. The zero-order valence-electron chi connectivity index (χ0n) is 13.6. The van der Waals surface area contributed by atoms with E-state index < -0.39 is 30.7 Å². The van der Waals surface area contributed by atoms with Crippen molar-refractivity contribution in [3.8, 4) is 0 Å². The Morgan fingerprint density at radius 2 is 2.08 bits per heavy atom. The van der Waals surface area contributed by atoms with Crippen LogP contribution in [0.3, 0.4) is 0 Å². The summed E-state index contributed by atoms with van der Waals surface area (Å²) in [7, 11) is 2.59. The quantitative estimate of drug-likeness (QED) is 0.695. The van der Waals surface area contributed by atoms with E-state index in [0.717, 1.165) is 15.9 Å². The van der Waals surface area contributed by atoms with Gasteiger partial charge in [0, 0.05) is 18.3 Å². The van der Waals surface area contributed by atoms with Gasteiger partial charge in [0.25, 0.3) is 12.3 Å². The van der Waals surface area contributed by atoms with Crippen LogP contribution in [0.5, 0.6) is 0 Å². The van der Waals surface area contributed by atoms with Crippen molar-refractivity contribution in [2.75, 3.05) is 13.8 Å². The molecular formula is C16H17ClF3N3O2. The Balaban J connectivity index is 2.30. The third kappa shape index (κ3) is 4.32. The minimum Gasteiger partial charge on any atom is -0.275 e. The van der Waals surface area contributed by atoms with Crippen LogP contribution < -0.4 is 0 Å². The van der Waals surface area contributed by atoms with Crippen molar-refractivity contribution < 1.29 is 22.8 Å². The van der Waals surface area contributed by atoms with E-state index in [-0.39, 0.29) is 12.0 Å². The molecule has 1 aromatic carbocycles. The van der Waals surface area contributed by atoms with E-state index in [1.54, 1.807) is 24.3 Å². The smallest absolute Gasteiger partial charge is 0.275 e. The third-order valence-corrected chi connectivity index (χ3v) is 3.98. The largest absolute Gasteiger partial charge is 0.282 e. The van der Waals surface area contributed by atoms with Gasteiger partial charge in [0.1, 0.15) is 12.4 Å². The maximum Gasteiger partial charge on any atom is 0.282 e. The van der Waals surface area contributed by atoms with Gasteiger partial charge in [0.15, 0.2) is 0 Å². The molecule has 0 aliphatic rings. The minimum atomic E-state index is -2.94. The number of carbonyl (C=O) groups excluding carboxylic acids is 1. The monoisotopic (exact) mass is 375 g/mol. The number of hydrogen-bond acceptors (Lipinski definition) is 3. The fraction of sp³-hybridized carbons (Fsp3) is 0.375. The Morgan fingerprint density at radius 3 is 2.64 bits per heavy atom. The molecule has 0 N–H and O–H groups in total. The predicted octanol–water partition coefficient (Wildman–Crippen LogP) is 3.60. The number of halogens is 4. The number of rotatable bonds is 7. The van der Waals surface area contributed by atoms with E-state index >= 15 is 0 Å². The van der Waals surface area contributed by atoms with Crippen molar-refractivity contribution in [2.45, 2.75) is 18.9 Å². The van der Waals surface area contributed by atoms with Crippen LogP contribution in [0.1, 0.15) is 28.0 Å². The van der Waals surface area contributed by atoms with Crippen molar-refractivity contribution in [3.63, 3.8) is 0 Å². The second kappa shape index (κ2) is 8.35. The van der Waals surface area contributed by atoms with Gasteiger partial charge in [-0.05, 0) is 18.1 Å². The van der Waals surface area contributed by atoms with Crippen LogP contribution >= 0.6 is 11.6 Å². The highest BCUT2D eigenvalue weighted by molar-refractivity contribution is 6.31. The van der Waals surface area contributed by atoms with Gasteiger partial charge in [-0.3, -0.25) is 14.3 Å². The van der Waals surface area contributed by atoms with Crippen LogP contribution in [0.25, 0.3) is 0 Å². The average Bonchev–Trinajstić information content (AvgIpc) is 2.98. The summed E-state index contributed by atoms with van der Waals surface area (Å²) < 4.78 is 40.8. The normalized spacial score (nSPS) is 12.4. The molecule has 9 heteroatoms. The summed E-state index contributed by atoms with van der Waals surface area (Å²) in [5, 5.41) is 4.74. The number of aromatic nitrogens is 2. The Hall–Kier alpha value is -2.06. The van der Waals surface area contributed by atoms with Crippen LogP contribution in [0, 0.1) is 0 Å². The second-order valence-corrected chi connectivity index (χ2v) is 5.73. The van der Waals surface area contributed by atoms with Crippen LogP contribution in [-0.4, -0.2) is 40.6 Å². The Labute approximate surface area is 147 Å². The molecule has 1 heterocycles. The zero-order chi connectivity index (χ0) is 18.6. The molecule has 0 radical (unpaired) electrons. The molecule has 136 valence electrons. The van der Waals surface area contributed by atoms with Gasteiger partial charge < -0.3 is 0 Å². The first-order valence-corrected chi connectivity index (χ1v) is 7.75. The molecule has 1 atom stereocenters. The number of alkyl halides is 3. The van der Waals surface area contributed by atoms with Gasteiger partial charge in [0.05, 0.1) is 18.7 Å². The fourth-order valence-corrected chi connectivity index (χ4v) is 2.68. The lowest BCUT2D eigenvalue weighted by molar-refractivity contribution is -0.127. The van der Waals surface area contributed by atoms with E-state index in [0.29, 0.717) is 10.6 Å². The lowest BCUT2D eigenvalue weighted by Crippen LogP contribution is -2.42. The van der Waals surface area contributed by atoms with Crippen LogP contribution in [0.2, 0.25) is 5.02 Å². The summed E-state index contributed by atoms with van der Waals surface area (Å²) in [6, 6.07) is 5.76. The highest BCUT2D eigenvalue weighted by Crippen LogP contribution is 2.24. The highest BCUT2D eigenvalue weighted by atomic mass is 35.5. The van der Waals surface area contributed by atoms with E-state index in [1.807, 2.05) is 0 Å². The first-order chi connectivity index (χ1) is 11.9. The van der Waals surface area contributed by atoms with Crippen molar-refractivity contribution in [2.24, 2.45) is 7.05 Å². The topological polar surface area (TPSA) is 47.4 Å². The Morgan fingerprint density at radius 1 is 1.40 bits per heavy atom. The number of aryl methyl sites for hydroxylation is 1. The van der Waals surface area contributed by atoms with Gasteiger partial charge in [-0.15, -0.1) is 0 Å². The molecule has 2 rings (SSSR count). The second-order valence-electron chi connectivity index (χ2n) is 5.32. The van der Waals surface area contributed by atoms with Crippen LogP contribution in [0.15, 0.2) is 30.5 Å². The number of hydroxylamine groups is 2. The lowest BCUT2D eigenvalue weighted by atomic mass is 10.1. The van der Waals surface area contributed by atoms with E-state index in [2.05, 4.69) is 5.10 Å². The summed E-state index contributed by atoms with van der Waals surface area (Å²) in [5.41, 5.74) is -0.399. The number of benzene rings is 1. The molecule has 2 aromatic rings. The van der Waals surface area contributed by atoms with Crippen LogP contribution in [0.4, 0.5) is 13.2 Å². The van der Waals surface area contributed by atoms with Gasteiger partial charge >= 0.3 is 0 Å². The molecule has 25 heavy (non-hydrogen) atoms. The highest BCUT2D eigenvalue weighted by Gasteiger charge is 2.31. The van der Waals surface area contributed by atoms with Gasteiger partial charge in [-0.2, -0.15) is 5.10 Å². The Kier molecular flexibility index (Phi) is 6.44. The number of amides is 1. The molecule has 5 nitrogen and oxygen atoms in total. The van der Waals surface area contributed by atoms with E-state index in [4.69, 9.17) is 16.4 Å². The van der Waals surface area contributed by atoms with Crippen molar-refractivity contribution >= 4 is 17.5 Å². The van der Waals surface area contributed by atoms with Gasteiger partial charge in [0.2, 0.25) is 0 Å². The van der Waals surface area contributed by atoms with Gasteiger partial charge in [-0.25, -0.2) is 18.2 Å². The SMILES string of the molecule is CON(C(=O)c1cn(C)nc1C(F)F)C(CF)Cc1ccccc1Cl.